The van der Waals surface area contributed by atoms with Gasteiger partial charge in [0.05, 0.1) is 6.61 Å². The minimum absolute atomic E-state index is 0.228. The third-order valence-electron chi connectivity index (χ3n) is 7.92. The van der Waals surface area contributed by atoms with Crippen LogP contribution in [-0.4, -0.2) is 26.0 Å². The zero-order chi connectivity index (χ0) is 24.0. The van der Waals surface area contributed by atoms with E-state index in [1.165, 1.54) is 27.9 Å². The molecule has 0 aromatic heterocycles. The van der Waals surface area contributed by atoms with Crippen LogP contribution in [0, 0.1) is 5.92 Å². The number of carbonyl (C=O) groups is 1. The molecule has 2 aliphatic rings. The second kappa shape index (κ2) is 11.1. The largest absolute Gasteiger partial charge is 0.494 e. The highest BCUT2D eigenvalue weighted by molar-refractivity contribution is 5.56. The van der Waals surface area contributed by atoms with Gasteiger partial charge in [-0.1, -0.05) is 61.9 Å². The molecule has 1 aliphatic heterocycles. The van der Waals surface area contributed by atoms with E-state index in [9.17, 15) is 4.79 Å². The van der Waals surface area contributed by atoms with Crippen LogP contribution < -0.4 is 9.64 Å². The number of benzene rings is 3. The van der Waals surface area contributed by atoms with Crippen molar-refractivity contribution in [1.29, 1.82) is 0 Å². The van der Waals surface area contributed by atoms with Gasteiger partial charge in [-0.05, 0) is 84.5 Å². The number of aryl methyl sites for hydroxylation is 1. The molecule has 0 radical (unpaired) electrons. The van der Waals surface area contributed by atoms with E-state index >= 15 is 0 Å². The summed E-state index contributed by atoms with van der Waals surface area (Å²) < 4.78 is 6.04. The Hall–Kier alpha value is -3.07. The van der Waals surface area contributed by atoms with Gasteiger partial charge in [0.15, 0.2) is 0 Å². The lowest BCUT2D eigenvalue weighted by Crippen LogP contribution is -2.34. The lowest BCUT2D eigenvalue weighted by atomic mass is 9.69. The topological polar surface area (TPSA) is 29.5 Å². The molecule has 0 bridgehead atoms. The summed E-state index contributed by atoms with van der Waals surface area (Å²) in [5.74, 6) is 2.03. The van der Waals surface area contributed by atoms with Crippen molar-refractivity contribution in [3.05, 3.63) is 95.1 Å². The monoisotopic (exact) mass is 467 g/mol. The number of carbonyl (C=O) groups excluding carboxylic acids is 1. The van der Waals surface area contributed by atoms with Gasteiger partial charge in [0.2, 0.25) is 0 Å². The van der Waals surface area contributed by atoms with Crippen molar-refractivity contribution in [2.75, 3.05) is 24.6 Å². The maximum atomic E-state index is 11.1. The summed E-state index contributed by atoms with van der Waals surface area (Å²) >= 11 is 0. The first-order valence-corrected chi connectivity index (χ1v) is 13.4. The molecule has 1 saturated heterocycles. The van der Waals surface area contributed by atoms with Gasteiger partial charge in [-0.3, -0.25) is 0 Å². The first-order chi connectivity index (χ1) is 17.3. The van der Waals surface area contributed by atoms with Crippen molar-refractivity contribution >= 4 is 12.0 Å². The normalized spacial score (nSPS) is 20.3. The number of nitrogens with zero attached hydrogens (tertiary/aromatic N) is 1. The Morgan fingerprint density at radius 2 is 1.69 bits per heavy atom. The second-order valence-corrected chi connectivity index (χ2v) is 10.1. The van der Waals surface area contributed by atoms with Crippen LogP contribution in [0.5, 0.6) is 5.75 Å². The third-order valence-corrected chi connectivity index (χ3v) is 7.92. The molecule has 3 nitrogen and oxygen atoms in total. The van der Waals surface area contributed by atoms with Gasteiger partial charge in [-0.25, -0.2) is 0 Å². The number of unbranched alkanes of at least 4 members (excludes halogenated alkanes) is 1. The minimum Gasteiger partial charge on any atom is -0.494 e. The fourth-order valence-corrected chi connectivity index (χ4v) is 5.88. The zero-order valence-corrected chi connectivity index (χ0v) is 20.9. The number of aldehydes is 1. The van der Waals surface area contributed by atoms with Gasteiger partial charge in [-0.15, -0.1) is 0 Å². The molecule has 2 unspecified atom stereocenters. The zero-order valence-electron chi connectivity index (χ0n) is 20.9. The van der Waals surface area contributed by atoms with Crippen molar-refractivity contribution in [2.24, 2.45) is 5.92 Å². The molecule has 182 valence electrons. The molecule has 3 aromatic rings. The standard InChI is InChI=1S/C32H37NO2/c1-2-3-21-35-29-14-16-31-27(22-29)11-15-30(25-7-5-4-6-8-25)32(31)26-9-12-28(13-10-26)33-19-17-24(23-34)18-20-33/h4-10,12-14,16,22-24,30,32H,2-3,11,15,17-21H2,1H3. The van der Waals surface area contributed by atoms with E-state index < -0.39 is 0 Å². The maximum Gasteiger partial charge on any atom is 0.123 e. The predicted octanol–water partition coefficient (Wildman–Crippen LogP) is 7.14. The van der Waals surface area contributed by atoms with Crippen molar-refractivity contribution < 1.29 is 9.53 Å². The Morgan fingerprint density at radius 1 is 0.914 bits per heavy atom. The molecule has 0 saturated carbocycles. The fraction of sp³-hybridized carbons (Fsp3) is 0.406. The van der Waals surface area contributed by atoms with Crippen LogP contribution >= 0.6 is 0 Å². The first-order valence-electron chi connectivity index (χ1n) is 13.4. The quantitative estimate of drug-likeness (QED) is 0.260. The molecule has 5 rings (SSSR count). The minimum atomic E-state index is 0.228. The molecule has 1 heterocycles. The van der Waals surface area contributed by atoms with Gasteiger partial charge in [0, 0.05) is 30.6 Å². The summed E-state index contributed by atoms with van der Waals surface area (Å²) in [4.78, 5) is 13.6. The number of ether oxygens (including phenoxy) is 1. The number of hydrogen-bond acceptors (Lipinski definition) is 3. The summed E-state index contributed by atoms with van der Waals surface area (Å²) in [5, 5.41) is 0. The highest BCUT2D eigenvalue weighted by atomic mass is 16.5. The van der Waals surface area contributed by atoms with E-state index in [0.717, 1.165) is 70.3 Å². The van der Waals surface area contributed by atoms with Crippen LogP contribution in [0.1, 0.15) is 73.1 Å². The summed E-state index contributed by atoms with van der Waals surface area (Å²) in [6, 6.07) is 27.0. The molecule has 1 fully saturated rings. The molecule has 0 spiro atoms. The molecular weight excluding hydrogens is 430 g/mol. The van der Waals surface area contributed by atoms with Crippen molar-refractivity contribution in [3.63, 3.8) is 0 Å². The van der Waals surface area contributed by atoms with Crippen LogP contribution in [0.3, 0.4) is 0 Å². The van der Waals surface area contributed by atoms with E-state index in [1.54, 1.807) is 0 Å². The summed E-state index contributed by atoms with van der Waals surface area (Å²) in [7, 11) is 0. The van der Waals surface area contributed by atoms with Gasteiger partial charge >= 0.3 is 0 Å². The molecule has 1 aliphatic carbocycles. The average molecular weight is 468 g/mol. The SMILES string of the molecule is CCCCOc1ccc2c(c1)CCC(c1ccccc1)C2c1ccc(N2CCC(C=O)CC2)cc1. The summed E-state index contributed by atoms with van der Waals surface area (Å²) in [6.07, 6.45) is 7.51. The Morgan fingerprint density at radius 3 is 2.40 bits per heavy atom. The first kappa shape index (κ1) is 23.7. The van der Waals surface area contributed by atoms with E-state index in [-0.39, 0.29) is 5.92 Å². The van der Waals surface area contributed by atoms with Crippen molar-refractivity contribution in [3.8, 4) is 5.75 Å². The van der Waals surface area contributed by atoms with Crippen LogP contribution in [0.4, 0.5) is 5.69 Å². The van der Waals surface area contributed by atoms with Gasteiger partial charge in [-0.2, -0.15) is 0 Å². The molecule has 3 aromatic carbocycles. The van der Waals surface area contributed by atoms with E-state index in [0.29, 0.717) is 11.8 Å². The lowest BCUT2D eigenvalue weighted by molar-refractivity contribution is -0.111. The molecule has 0 N–H and O–H groups in total. The third kappa shape index (κ3) is 5.29. The van der Waals surface area contributed by atoms with Gasteiger partial charge < -0.3 is 14.4 Å². The van der Waals surface area contributed by atoms with Crippen molar-refractivity contribution in [1.82, 2.24) is 0 Å². The fourth-order valence-electron chi connectivity index (χ4n) is 5.88. The lowest BCUT2D eigenvalue weighted by Gasteiger charge is -2.35. The summed E-state index contributed by atoms with van der Waals surface area (Å²) in [6.45, 7) is 4.91. The number of rotatable bonds is 8. The van der Waals surface area contributed by atoms with Gasteiger partial charge in [0.1, 0.15) is 12.0 Å². The predicted molar refractivity (Wildman–Crippen MR) is 144 cm³/mol. The molecule has 3 heteroatoms. The second-order valence-electron chi connectivity index (χ2n) is 10.1. The average Bonchev–Trinajstić information content (AvgIpc) is 2.93. The number of fused-ring (bicyclic) bond motifs is 1. The highest BCUT2D eigenvalue weighted by Crippen LogP contribution is 2.47. The van der Waals surface area contributed by atoms with Crippen LogP contribution in [-0.2, 0) is 11.2 Å². The number of piperidine rings is 1. The smallest absolute Gasteiger partial charge is 0.123 e. The Kier molecular flexibility index (Phi) is 7.51. The van der Waals surface area contributed by atoms with Gasteiger partial charge in [0.25, 0.3) is 0 Å². The molecule has 35 heavy (non-hydrogen) atoms. The Balaban J connectivity index is 1.44. The van der Waals surface area contributed by atoms with E-state index in [1.807, 2.05) is 0 Å². The number of anilines is 1. The molecular formula is C32H37NO2. The van der Waals surface area contributed by atoms with Crippen LogP contribution in [0.25, 0.3) is 0 Å². The van der Waals surface area contributed by atoms with Crippen LogP contribution in [0.2, 0.25) is 0 Å². The molecule has 2 atom stereocenters. The Labute approximate surface area is 210 Å². The Bertz CT molecular complexity index is 1100. The highest BCUT2D eigenvalue weighted by Gasteiger charge is 2.32. The van der Waals surface area contributed by atoms with E-state index in [4.69, 9.17) is 4.74 Å². The molecule has 0 amide bonds. The summed E-state index contributed by atoms with van der Waals surface area (Å²) in [5.41, 5.74) is 6.94. The maximum absolute atomic E-state index is 11.1. The van der Waals surface area contributed by atoms with Crippen LogP contribution in [0.15, 0.2) is 72.8 Å². The van der Waals surface area contributed by atoms with E-state index in [2.05, 4.69) is 84.6 Å². The number of hydrogen-bond donors (Lipinski definition) is 0. The van der Waals surface area contributed by atoms with Crippen molar-refractivity contribution in [2.45, 2.75) is 57.3 Å².